The van der Waals surface area contributed by atoms with Gasteiger partial charge in [0.1, 0.15) is 0 Å². The fraction of sp³-hybridized carbons (Fsp3) is 0.917. The summed E-state index contributed by atoms with van der Waals surface area (Å²) in [7, 11) is 2.76. The average Bonchev–Trinajstić information content (AvgIpc) is 2.38. The van der Waals surface area contributed by atoms with E-state index >= 15 is 0 Å². The number of nitrogens with zero attached hydrogens (tertiary/aromatic N) is 3. The molecule has 1 aliphatic carbocycles. The van der Waals surface area contributed by atoms with E-state index in [9.17, 15) is 13.2 Å². The maximum Gasteiger partial charge on any atom is 0.282 e. The highest BCUT2D eigenvalue weighted by molar-refractivity contribution is 7.86. The first-order chi connectivity index (χ1) is 8.76. The summed E-state index contributed by atoms with van der Waals surface area (Å²) in [5, 5.41) is 0. The fourth-order valence-corrected chi connectivity index (χ4v) is 3.57. The van der Waals surface area contributed by atoms with E-state index in [4.69, 9.17) is 0 Å². The van der Waals surface area contributed by atoms with E-state index < -0.39 is 10.2 Å². The molecule has 112 valence electrons. The van der Waals surface area contributed by atoms with Crippen molar-refractivity contribution >= 4 is 16.1 Å². The van der Waals surface area contributed by atoms with Gasteiger partial charge >= 0.3 is 0 Å². The Morgan fingerprint density at radius 2 is 1.58 bits per heavy atom. The summed E-state index contributed by atoms with van der Waals surface area (Å²) in [6, 6.07) is 0.0654. The maximum atomic E-state index is 12.4. The van der Waals surface area contributed by atoms with Gasteiger partial charge in [0.05, 0.1) is 6.54 Å². The minimum absolute atomic E-state index is 0.0654. The van der Waals surface area contributed by atoms with Crippen LogP contribution in [0, 0.1) is 0 Å². The molecule has 0 aromatic heterocycles. The van der Waals surface area contributed by atoms with Crippen LogP contribution in [0.2, 0.25) is 0 Å². The lowest BCUT2D eigenvalue weighted by Gasteiger charge is -2.33. The molecule has 0 radical (unpaired) electrons. The second-order valence-electron chi connectivity index (χ2n) is 5.36. The van der Waals surface area contributed by atoms with Gasteiger partial charge < -0.3 is 4.90 Å². The highest BCUT2D eigenvalue weighted by Gasteiger charge is 2.31. The molecule has 19 heavy (non-hydrogen) atoms. The molecule has 0 atom stereocenters. The first-order valence-corrected chi connectivity index (χ1v) is 8.06. The first-order valence-electron chi connectivity index (χ1n) is 6.66. The summed E-state index contributed by atoms with van der Waals surface area (Å²) in [5.41, 5.74) is 0. The molecule has 0 aromatic carbocycles. The number of carbonyl (C=O) groups is 1. The number of likely N-dealkylation sites (N-methyl/N-ethyl adjacent to an activating group) is 2. The second kappa shape index (κ2) is 6.67. The Labute approximate surface area is 116 Å². The highest BCUT2D eigenvalue weighted by Crippen LogP contribution is 2.24. The van der Waals surface area contributed by atoms with Crippen molar-refractivity contribution in [3.05, 3.63) is 0 Å². The van der Waals surface area contributed by atoms with E-state index in [2.05, 4.69) is 0 Å². The molecule has 1 fully saturated rings. The van der Waals surface area contributed by atoms with Crippen molar-refractivity contribution < 1.29 is 13.2 Å². The fourth-order valence-electron chi connectivity index (χ4n) is 2.27. The van der Waals surface area contributed by atoms with Crippen LogP contribution in [0.1, 0.15) is 32.1 Å². The van der Waals surface area contributed by atoms with Crippen molar-refractivity contribution in [3.8, 4) is 0 Å². The van der Waals surface area contributed by atoms with Gasteiger partial charge in [-0.3, -0.25) is 4.79 Å². The van der Waals surface area contributed by atoms with Crippen LogP contribution in [0.3, 0.4) is 0 Å². The molecule has 0 saturated heterocycles. The van der Waals surface area contributed by atoms with E-state index in [-0.39, 0.29) is 18.5 Å². The molecular weight excluding hydrogens is 266 g/mol. The third kappa shape index (κ3) is 4.15. The van der Waals surface area contributed by atoms with Crippen LogP contribution in [-0.4, -0.2) is 68.6 Å². The standard InChI is InChI=1S/C12H25N3O3S/c1-13(2)12(16)10-14(3)19(17,18)15(4)11-8-6-5-7-9-11/h11H,5-10H2,1-4H3. The van der Waals surface area contributed by atoms with Crippen molar-refractivity contribution in [2.75, 3.05) is 34.7 Å². The molecule has 1 saturated carbocycles. The van der Waals surface area contributed by atoms with Crippen molar-refractivity contribution in [2.45, 2.75) is 38.1 Å². The van der Waals surface area contributed by atoms with Gasteiger partial charge in [-0.25, -0.2) is 0 Å². The Kier molecular flexibility index (Phi) is 5.76. The molecular formula is C12H25N3O3S. The van der Waals surface area contributed by atoms with Gasteiger partial charge in [-0.15, -0.1) is 0 Å². The predicted octanol–water partition coefficient (Wildman–Crippen LogP) is 0.516. The average molecular weight is 291 g/mol. The lowest BCUT2D eigenvalue weighted by molar-refractivity contribution is -0.128. The van der Waals surface area contributed by atoms with Crippen LogP contribution in [-0.2, 0) is 15.0 Å². The Morgan fingerprint density at radius 1 is 1.05 bits per heavy atom. The maximum absolute atomic E-state index is 12.4. The molecule has 0 bridgehead atoms. The summed E-state index contributed by atoms with van der Waals surface area (Å²) in [6.07, 6.45) is 5.14. The van der Waals surface area contributed by atoms with Crippen molar-refractivity contribution in [3.63, 3.8) is 0 Å². The van der Waals surface area contributed by atoms with Gasteiger partial charge in [0.25, 0.3) is 10.2 Å². The highest BCUT2D eigenvalue weighted by atomic mass is 32.2. The van der Waals surface area contributed by atoms with Gasteiger partial charge in [0.2, 0.25) is 5.91 Å². The quantitative estimate of drug-likeness (QED) is 0.742. The molecule has 1 amide bonds. The molecule has 0 spiro atoms. The normalized spacial score (nSPS) is 18.0. The van der Waals surface area contributed by atoms with E-state index in [1.165, 1.54) is 22.7 Å². The Balaban J connectivity index is 2.70. The molecule has 0 aromatic rings. The molecule has 7 heteroatoms. The molecule has 0 aliphatic heterocycles. The third-order valence-corrected chi connectivity index (χ3v) is 5.65. The lowest BCUT2D eigenvalue weighted by Crippen LogP contribution is -2.48. The number of amides is 1. The second-order valence-corrected chi connectivity index (χ2v) is 7.46. The first kappa shape index (κ1) is 16.4. The zero-order valence-electron chi connectivity index (χ0n) is 12.3. The SMILES string of the molecule is CN(C)C(=O)CN(C)S(=O)(=O)N(C)C1CCCCC1. The molecule has 0 N–H and O–H groups in total. The zero-order valence-corrected chi connectivity index (χ0v) is 13.1. The predicted molar refractivity (Wildman–Crippen MR) is 74.9 cm³/mol. The Bertz CT molecular complexity index is 402. The topological polar surface area (TPSA) is 60.9 Å². The molecule has 6 nitrogen and oxygen atoms in total. The number of rotatable bonds is 5. The van der Waals surface area contributed by atoms with Gasteiger partial charge in [-0.2, -0.15) is 17.0 Å². The zero-order chi connectivity index (χ0) is 14.6. The van der Waals surface area contributed by atoms with Crippen LogP contribution >= 0.6 is 0 Å². The number of carbonyl (C=O) groups excluding carboxylic acids is 1. The van der Waals surface area contributed by atoms with Gasteiger partial charge in [0, 0.05) is 34.2 Å². The van der Waals surface area contributed by atoms with Crippen LogP contribution in [0.25, 0.3) is 0 Å². The summed E-state index contributed by atoms with van der Waals surface area (Å²) in [4.78, 5) is 13.0. The van der Waals surface area contributed by atoms with Crippen molar-refractivity contribution in [2.24, 2.45) is 0 Å². The minimum Gasteiger partial charge on any atom is -0.348 e. The summed E-state index contributed by atoms with van der Waals surface area (Å²) in [5.74, 6) is -0.219. The monoisotopic (exact) mass is 291 g/mol. The van der Waals surface area contributed by atoms with Crippen LogP contribution in [0.15, 0.2) is 0 Å². The van der Waals surface area contributed by atoms with E-state index in [1.54, 1.807) is 21.1 Å². The minimum atomic E-state index is -3.55. The Morgan fingerprint density at radius 3 is 2.05 bits per heavy atom. The molecule has 1 rings (SSSR count). The van der Waals surface area contributed by atoms with Crippen LogP contribution in [0.4, 0.5) is 0 Å². The van der Waals surface area contributed by atoms with Crippen molar-refractivity contribution in [1.29, 1.82) is 0 Å². The van der Waals surface area contributed by atoms with Gasteiger partial charge in [-0.05, 0) is 12.8 Å². The van der Waals surface area contributed by atoms with E-state index in [1.807, 2.05) is 0 Å². The van der Waals surface area contributed by atoms with E-state index in [0.29, 0.717) is 0 Å². The van der Waals surface area contributed by atoms with Crippen LogP contribution in [0.5, 0.6) is 0 Å². The summed E-state index contributed by atoms with van der Waals surface area (Å²) in [6.45, 7) is -0.119. The summed E-state index contributed by atoms with van der Waals surface area (Å²) < 4.78 is 27.3. The van der Waals surface area contributed by atoms with Crippen molar-refractivity contribution in [1.82, 2.24) is 13.5 Å². The lowest BCUT2D eigenvalue weighted by atomic mass is 9.96. The van der Waals surface area contributed by atoms with E-state index in [0.717, 1.165) is 30.0 Å². The van der Waals surface area contributed by atoms with Crippen LogP contribution < -0.4 is 0 Å². The van der Waals surface area contributed by atoms with Gasteiger partial charge in [-0.1, -0.05) is 19.3 Å². The molecule has 1 aliphatic rings. The smallest absolute Gasteiger partial charge is 0.282 e. The summed E-state index contributed by atoms with van der Waals surface area (Å²) >= 11 is 0. The molecule has 0 unspecified atom stereocenters. The Hall–Kier alpha value is -0.660. The number of hydrogen-bond acceptors (Lipinski definition) is 3. The van der Waals surface area contributed by atoms with Gasteiger partial charge in [0.15, 0.2) is 0 Å². The number of hydrogen-bond donors (Lipinski definition) is 0. The largest absolute Gasteiger partial charge is 0.348 e. The third-order valence-electron chi connectivity index (χ3n) is 3.70. The molecule has 0 heterocycles.